The molecule has 0 saturated heterocycles. The van der Waals surface area contributed by atoms with Crippen LogP contribution in [0.4, 0.5) is 0 Å². The van der Waals surface area contributed by atoms with Crippen LogP contribution in [0.15, 0.2) is 162 Å². The normalized spacial score (nSPS) is 12.2. The SMILES string of the molecule is c1ccc(-c2nc3sc4ccccc4c3nc2-n2c3ccccc3c3c4oc5ccccc5c4cc(-n4c5ccccc5c5ccccc54)c32)cc1. The van der Waals surface area contributed by atoms with E-state index in [0.29, 0.717) is 0 Å². The molecule has 0 aliphatic carbocycles. The number of hydrogen-bond acceptors (Lipinski definition) is 4. The van der Waals surface area contributed by atoms with Gasteiger partial charge in [0.25, 0.3) is 0 Å². The van der Waals surface area contributed by atoms with E-state index in [1.54, 1.807) is 11.3 Å². The molecule has 6 heteroatoms. The molecule has 12 rings (SSSR count). The summed E-state index contributed by atoms with van der Waals surface area (Å²) >= 11 is 1.69. The molecule has 5 nitrogen and oxygen atoms in total. The van der Waals surface area contributed by atoms with Crippen LogP contribution in [0.25, 0.3) is 109 Å². The molecule has 0 unspecified atom stereocenters. The second-order valence-corrected chi connectivity index (χ2v) is 14.4. The molecule has 5 aromatic heterocycles. The maximum Gasteiger partial charge on any atom is 0.165 e. The number of furan rings is 1. The van der Waals surface area contributed by atoms with Crippen molar-refractivity contribution < 1.29 is 4.42 Å². The van der Waals surface area contributed by atoms with Crippen LogP contribution in [0.3, 0.4) is 0 Å². The van der Waals surface area contributed by atoms with Crippen molar-refractivity contribution in [3.05, 3.63) is 158 Å². The maximum atomic E-state index is 6.84. The van der Waals surface area contributed by atoms with E-state index in [2.05, 4.69) is 155 Å². The van der Waals surface area contributed by atoms with E-state index in [0.717, 1.165) is 93.3 Å². The molecule has 0 aliphatic heterocycles. The highest BCUT2D eigenvalue weighted by Gasteiger charge is 2.27. The van der Waals surface area contributed by atoms with Crippen molar-refractivity contribution in [2.45, 2.75) is 0 Å². The Morgan fingerprint density at radius 2 is 1.10 bits per heavy atom. The molecule has 0 aliphatic rings. The van der Waals surface area contributed by atoms with E-state index in [1.807, 2.05) is 12.1 Å². The van der Waals surface area contributed by atoms with E-state index in [9.17, 15) is 0 Å². The molecule has 0 N–H and O–H groups in total. The first-order valence-electron chi connectivity index (χ1n) is 17.4. The molecular weight excluding hydrogens is 657 g/mol. The summed E-state index contributed by atoms with van der Waals surface area (Å²) in [5.41, 5.74) is 9.88. The monoisotopic (exact) mass is 682 g/mol. The second kappa shape index (κ2) is 10.4. The molecule has 0 bridgehead atoms. The van der Waals surface area contributed by atoms with Gasteiger partial charge >= 0.3 is 0 Å². The van der Waals surface area contributed by atoms with Crippen LogP contribution in [-0.2, 0) is 0 Å². The molecule has 12 aromatic rings. The molecule has 7 aromatic carbocycles. The summed E-state index contributed by atoms with van der Waals surface area (Å²) in [6, 6.07) is 55.7. The van der Waals surface area contributed by atoms with Crippen molar-refractivity contribution in [1.82, 2.24) is 19.1 Å². The zero-order valence-corrected chi connectivity index (χ0v) is 28.4. The Morgan fingerprint density at radius 3 is 1.85 bits per heavy atom. The topological polar surface area (TPSA) is 48.8 Å². The Bertz CT molecular complexity index is 3370. The van der Waals surface area contributed by atoms with E-state index < -0.39 is 0 Å². The van der Waals surface area contributed by atoms with Gasteiger partial charge in [0.05, 0.1) is 33.1 Å². The molecule has 5 heterocycles. The Kier molecular flexibility index (Phi) is 5.59. The summed E-state index contributed by atoms with van der Waals surface area (Å²) in [5.74, 6) is 0.783. The number of hydrogen-bond donors (Lipinski definition) is 0. The molecule has 52 heavy (non-hydrogen) atoms. The Hall–Kier alpha value is -6.76. The second-order valence-electron chi connectivity index (χ2n) is 13.3. The van der Waals surface area contributed by atoms with Crippen LogP contribution in [-0.4, -0.2) is 19.1 Å². The quantitative estimate of drug-likeness (QED) is 0.186. The summed E-state index contributed by atoms with van der Waals surface area (Å²) in [5, 5.41) is 7.85. The average molecular weight is 683 g/mol. The van der Waals surface area contributed by atoms with Gasteiger partial charge in [-0.1, -0.05) is 121 Å². The van der Waals surface area contributed by atoms with Gasteiger partial charge in [0.2, 0.25) is 0 Å². The van der Waals surface area contributed by atoms with Crippen molar-refractivity contribution in [2.24, 2.45) is 0 Å². The van der Waals surface area contributed by atoms with E-state index in [4.69, 9.17) is 14.4 Å². The number of aromatic nitrogens is 4. The summed E-state index contributed by atoms with van der Waals surface area (Å²) in [6.07, 6.45) is 0. The number of rotatable bonds is 3. The number of benzene rings is 7. The Morgan fingerprint density at radius 1 is 0.500 bits per heavy atom. The van der Waals surface area contributed by atoms with Crippen molar-refractivity contribution >= 4 is 97.3 Å². The largest absolute Gasteiger partial charge is 0.455 e. The molecule has 0 radical (unpaired) electrons. The highest BCUT2D eigenvalue weighted by molar-refractivity contribution is 7.25. The Labute approximate surface area is 300 Å². The molecule has 0 atom stereocenters. The van der Waals surface area contributed by atoms with Gasteiger partial charge in [0.1, 0.15) is 27.2 Å². The number of para-hydroxylation sites is 4. The molecule has 0 amide bonds. The number of nitrogens with zero attached hydrogens (tertiary/aromatic N) is 4. The summed E-state index contributed by atoms with van der Waals surface area (Å²) in [7, 11) is 0. The highest BCUT2D eigenvalue weighted by atomic mass is 32.1. The minimum absolute atomic E-state index is 0.783. The first kappa shape index (κ1) is 28.0. The fourth-order valence-corrected chi connectivity index (χ4v) is 9.36. The third-order valence-electron chi connectivity index (χ3n) is 10.5. The van der Waals surface area contributed by atoms with Crippen LogP contribution in [0.5, 0.6) is 0 Å². The predicted molar refractivity (Wildman–Crippen MR) is 216 cm³/mol. The zero-order chi connectivity index (χ0) is 33.9. The predicted octanol–water partition coefficient (Wildman–Crippen LogP) is 12.6. The standard InChI is InChI=1S/C46H26N4OS/c1-2-14-27(15-3-1)41-45(47-42-32-20-8-13-25-39(32)52-46(42)48-41)50-36-23-11-6-19-31(36)40-43(50)37(26-33-30-18-7-12-24-38(30)51-44(33)40)49-34-21-9-4-16-28(34)29-17-5-10-22-35(29)49/h1-26H. The van der Waals surface area contributed by atoms with E-state index >= 15 is 0 Å². The van der Waals surface area contributed by atoms with E-state index in [-0.39, 0.29) is 0 Å². The highest BCUT2D eigenvalue weighted by Crippen LogP contribution is 2.46. The summed E-state index contributed by atoms with van der Waals surface area (Å²) in [6.45, 7) is 0. The maximum absolute atomic E-state index is 6.84. The lowest BCUT2D eigenvalue weighted by molar-refractivity contribution is 0.673. The van der Waals surface area contributed by atoms with Crippen molar-refractivity contribution in [1.29, 1.82) is 0 Å². The van der Waals surface area contributed by atoms with Gasteiger partial charge in [-0.2, -0.15) is 0 Å². The Balaban J connectivity index is 1.36. The third-order valence-corrected chi connectivity index (χ3v) is 11.6. The minimum Gasteiger partial charge on any atom is -0.455 e. The number of fused-ring (bicyclic) bond motifs is 13. The molecule has 242 valence electrons. The van der Waals surface area contributed by atoms with Gasteiger partial charge in [-0.05, 0) is 36.4 Å². The van der Waals surface area contributed by atoms with Gasteiger partial charge in [0.15, 0.2) is 5.82 Å². The van der Waals surface area contributed by atoms with Gasteiger partial charge in [-0.25, -0.2) is 9.97 Å². The first-order chi connectivity index (χ1) is 25.8. The van der Waals surface area contributed by atoms with Crippen molar-refractivity contribution in [2.75, 3.05) is 0 Å². The molecule has 0 fully saturated rings. The van der Waals surface area contributed by atoms with Crippen LogP contribution in [0.1, 0.15) is 0 Å². The minimum atomic E-state index is 0.783. The van der Waals surface area contributed by atoms with Crippen LogP contribution in [0.2, 0.25) is 0 Å². The molecular formula is C46H26N4OS. The third kappa shape index (κ3) is 3.71. The average Bonchev–Trinajstić information content (AvgIpc) is 3.95. The van der Waals surface area contributed by atoms with E-state index in [1.165, 1.54) is 15.5 Å². The fraction of sp³-hybridized carbons (Fsp3) is 0. The molecule has 0 spiro atoms. The van der Waals surface area contributed by atoms with Gasteiger partial charge in [0, 0.05) is 42.6 Å². The lowest BCUT2D eigenvalue weighted by atomic mass is 10.1. The zero-order valence-electron chi connectivity index (χ0n) is 27.6. The smallest absolute Gasteiger partial charge is 0.165 e. The fourth-order valence-electron chi connectivity index (χ4n) is 8.34. The number of thiophene rings is 1. The van der Waals surface area contributed by atoms with Crippen LogP contribution in [0, 0.1) is 0 Å². The lowest BCUT2D eigenvalue weighted by Gasteiger charge is -2.16. The van der Waals surface area contributed by atoms with Gasteiger partial charge in [-0.15, -0.1) is 11.3 Å². The van der Waals surface area contributed by atoms with Gasteiger partial charge in [-0.3, -0.25) is 4.57 Å². The van der Waals surface area contributed by atoms with Gasteiger partial charge < -0.3 is 8.98 Å². The summed E-state index contributed by atoms with van der Waals surface area (Å²) in [4.78, 5) is 12.0. The van der Waals surface area contributed by atoms with Crippen LogP contribution < -0.4 is 0 Å². The van der Waals surface area contributed by atoms with Crippen molar-refractivity contribution in [3.63, 3.8) is 0 Å². The lowest BCUT2D eigenvalue weighted by Crippen LogP contribution is -2.05. The first-order valence-corrected chi connectivity index (χ1v) is 18.2. The summed E-state index contributed by atoms with van der Waals surface area (Å²) < 4.78 is 12.8. The van der Waals surface area contributed by atoms with Crippen LogP contribution >= 0.6 is 11.3 Å². The molecule has 0 saturated carbocycles. The van der Waals surface area contributed by atoms with Crippen molar-refractivity contribution in [3.8, 4) is 22.8 Å².